The molecule has 2 aromatic rings. The van der Waals surface area contributed by atoms with Gasteiger partial charge in [0.1, 0.15) is 18.2 Å². The molecule has 1 fully saturated rings. The first-order valence-corrected chi connectivity index (χ1v) is 8.64. The quantitative estimate of drug-likeness (QED) is 0.858. The van der Waals surface area contributed by atoms with Crippen molar-refractivity contribution in [2.24, 2.45) is 10.8 Å². The molecule has 1 aliphatic carbocycles. The van der Waals surface area contributed by atoms with Crippen molar-refractivity contribution in [2.45, 2.75) is 52.5 Å². The van der Waals surface area contributed by atoms with Crippen LogP contribution in [0.4, 0.5) is 11.9 Å². The van der Waals surface area contributed by atoms with Crippen molar-refractivity contribution in [3.63, 3.8) is 0 Å². The highest BCUT2D eigenvalue weighted by atomic mass is 15.4. The predicted octanol–water partition coefficient (Wildman–Crippen LogP) is 2.40. The summed E-state index contributed by atoms with van der Waals surface area (Å²) in [5, 5.41) is 20.3. The second-order valence-electron chi connectivity index (χ2n) is 8.55. The molecule has 9 nitrogen and oxygen atoms in total. The lowest BCUT2D eigenvalue weighted by molar-refractivity contribution is 0.0808. The van der Waals surface area contributed by atoms with Crippen molar-refractivity contribution in [3.05, 3.63) is 12.7 Å². The molecular weight excluding hydrogens is 330 g/mol. The Hall–Kier alpha value is -2.76. The van der Waals surface area contributed by atoms with Gasteiger partial charge in [0.15, 0.2) is 0 Å². The summed E-state index contributed by atoms with van der Waals surface area (Å²) in [4.78, 5) is 17.1. The number of hydrogen-bond donors (Lipinski definition) is 2. The average Bonchev–Trinajstić information content (AvgIpc) is 3.06. The number of anilines is 2. The highest BCUT2D eigenvalue weighted by molar-refractivity contribution is 5.42. The van der Waals surface area contributed by atoms with Gasteiger partial charge in [-0.25, -0.2) is 4.98 Å². The standard InChI is InChI=1S/C17H25N9/c1-15(2)6-16(3,4)8-17(7-15,9-18)25-13-22-12(19-5)23-14(24-13)26-11-20-10-21-26/h10-11H,6-8H2,1-5H3,(H2,19,22,23,24,25). The van der Waals surface area contributed by atoms with E-state index in [4.69, 9.17) is 0 Å². The third kappa shape index (κ3) is 3.74. The van der Waals surface area contributed by atoms with Crippen LogP contribution in [0.1, 0.15) is 47.0 Å². The summed E-state index contributed by atoms with van der Waals surface area (Å²) in [6.45, 7) is 8.81. The Morgan fingerprint density at radius 3 is 2.23 bits per heavy atom. The number of rotatable bonds is 4. The fourth-order valence-corrected chi connectivity index (χ4v) is 4.47. The van der Waals surface area contributed by atoms with E-state index in [-0.39, 0.29) is 10.8 Å². The van der Waals surface area contributed by atoms with Gasteiger partial charge >= 0.3 is 0 Å². The fourth-order valence-electron chi connectivity index (χ4n) is 4.47. The van der Waals surface area contributed by atoms with Gasteiger partial charge in [-0.3, -0.25) is 0 Å². The van der Waals surface area contributed by atoms with Crippen molar-refractivity contribution in [3.8, 4) is 12.0 Å². The van der Waals surface area contributed by atoms with Crippen LogP contribution < -0.4 is 10.6 Å². The molecule has 26 heavy (non-hydrogen) atoms. The minimum Gasteiger partial charge on any atom is -0.357 e. The number of hydrogen-bond acceptors (Lipinski definition) is 8. The Bertz CT molecular complexity index is 801. The molecule has 9 heteroatoms. The fraction of sp³-hybridized carbons (Fsp3) is 0.647. The molecule has 0 radical (unpaired) electrons. The molecule has 0 bridgehead atoms. The van der Waals surface area contributed by atoms with Crippen LogP contribution in [0, 0.1) is 22.2 Å². The largest absolute Gasteiger partial charge is 0.357 e. The molecule has 138 valence electrons. The normalized spacial score (nSPS) is 20.2. The zero-order valence-electron chi connectivity index (χ0n) is 15.9. The Labute approximate surface area is 153 Å². The van der Waals surface area contributed by atoms with Crippen molar-refractivity contribution < 1.29 is 0 Å². The van der Waals surface area contributed by atoms with E-state index < -0.39 is 5.54 Å². The Morgan fingerprint density at radius 2 is 1.69 bits per heavy atom. The van der Waals surface area contributed by atoms with E-state index in [2.05, 4.69) is 69.4 Å². The molecule has 0 amide bonds. The maximum Gasteiger partial charge on any atom is 0.258 e. The van der Waals surface area contributed by atoms with Gasteiger partial charge in [0.2, 0.25) is 11.9 Å². The van der Waals surface area contributed by atoms with Crippen LogP contribution in [0.25, 0.3) is 5.95 Å². The zero-order chi connectivity index (χ0) is 19.0. The van der Waals surface area contributed by atoms with E-state index >= 15 is 0 Å². The predicted molar refractivity (Wildman–Crippen MR) is 97.7 cm³/mol. The minimum atomic E-state index is -0.739. The molecule has 2 aromatic heterocycles. The van der Waals surface area contributed by atoms with E-state index in [0.717, 1.165) is 19.3 Å². The van der Waals surface area contributed by atoms with Gasteiger partial charge in [-0.05, 0) is 30.1 Å². The van der Waals surface area contributed by atoms with Gasteiger partial charge in [-0.2, -0.15) is 30.0 Å². The Kier molecular flexibility index (Phi) is 4.30. The van der Waals surface area contributed by atoms with Crippen LogP contribution in [0.15, 0.2) is 12.7 Å². The lowest BCUT2D eigenvalue weighted by Gasteiger charge is -2.49. The van der Waals surface area contributed by atoms with Crippen LogP contribution in [0.3, 0.4) is 0 Å². The van der Waals surface area contributed by atoms with Crippen molar-refractivity contribution in [1.29, 1.82) is 5.26 Å². The maximum atomic E-state index is 10.0. The summed E-state index contributed by atoms with van der Waals surface area (Å²) in [6.07, 6.45) is 5.44. The highest BCUT2D eigenvalue weighted by Gasteiger charge is 2.48. The topological polar surface area (TPSA) is 117 Å². The summed E-state index contributed by atoms with van der Waals surface area (Å²) < 4.78 is 1.46. The lowest BCUT2D eigenvalue weighted by Crippen LogP contribution is -2.50. The molecular formula is C17H25N9. The summed E-state index contributed by atoms with van der Waals surface area (Å²) in [5.74, 6) is 1.09. The number of aromatic nitrogens is 6. The molecule has 1 aliphatic rings. The zero-order valence-corrected chi connectivity index (χ0v) is 15.9. The van der Waals surface area contributed by atoms with Gasteiger partial charge < -0.3 is 10.6 Å². The van der Waals surface area contributed by atoms with Crippen LogP contribution in [-0.2, 0) is 0 Å². The van der Waals surface area contributed by atoms with Crippen molar-refractivity contribution in [1.82, 2.24) is 29.7 Å². The third-order valence-electron chi connectivity index (χ3n) is 4.55. The molecule has 0 aliphatic heterocycles. The maximum absolute atomic E-state index is 10.0. The van der Waals surface area contributed by atoms with Gasteiger partial charge in [-0.15, -0.1) is 0 Å². The molecule has 0 atom stereocenters. The second kappa shape index (κ2) is 6.20. The van der Waals surface area contributed by atoms with Gasteiger partial charge in [0.25, 0.3) is 5.95 Å². The summed E-state index contributed by atoms with van der Waals surface area (Å²) >= 11 is 0. The first kappa shape index (κ1) is 18.0. The van der Waals surface area contributed by atoms with E-state index in [1.54, 1.807) is 7.05 Å². The van der Waals surface area contributed by atoms with Gasteiger partial charge in [-0.1, -0.05) is 27.7 Å². The molecule has 0 saturated heterocycles. The molecule has 3 rings (SSSR count). The first-order chi connectivity index (χ1) is 12.2. The second-order valence-corrected chi connectivity index (χ2v) is 8.55. The molecule has 0 spiro atoms. The Balaban J connectivity index is 1.98. The SMILES string of the molecule is CNc1nc(NC2(C#N)CC(C)(C)CC(C)(C)C2)nc(-n2cncn2)n1. The molecule has 2 N–H and O–H groups in total. The van der Waals surface area contributed by atoms with E-state index in [9.17, 15) is 5.26 Å². The molecule has 0 aromatic carbocycles. The van der Waals surface area contributed by atoms with Gasteiger partial charge in [0, 0.05) is 7.05 Å². The highest BCUT2D eigenvalue weighted by Crippen LogP contribution is 2.50. The summed E-state index contributed by atoms with van der Waals surface area (Å²) in [6, 6.07) is 2.50. The minimum absolute atomic E-state index is 0.0398. The molecule has 1 saturated carbocycles. The lowest BCUT2D eigenvalue weighted by atomic mass is 9.59. The Morgan fingerprint density at radius 1 is 1.04 bits per heavy atom. The van der Waals surface area contributed by atoms with Crippen LogP contribution >= 0.6 is 0 Å². The average molecular weight is 355 g/mol. The molecule has 0 unspecified atom stereocenters. The van der Waals surface area contributed by atoms with Crippen molar-refractivity contribution >= 4 is 11.9 Å². The number of nitriles is 1. The van der Waals surface area contributed by atoms with Gasteiger partial charge in [0.05, 0.1) is 6.07 Å². The first-order valence-electron chi connectivity index (χ1n) is 8.64. The summed E-state index contributed by atoms with van der Waals surface area (Å²) in [7, 11) is 1.73. The van der Waals surface area contributed by atoms with Crippen LogP contribution in [-0.4, -0.2) is 42.3 Å². The smallest absolute Gasteiger partial charge is 0.258 e. The van der Waals surface area contributed by atoms with E-state index in [0.29, 0.717) is 17.8 Å². The molecule has 2 heterocycles. The number of nitrogens with one attached hydrogen (secondary N) is 2. The van der Waals surface area contributed by atoms with E-state index in [1.807, 2.05) is 0 Å². The monoisotopic (exact) mass is 355 g/mol. The van der Waals surface area contributed by atoms with Crippen LogP contribution in [0.5, 0.6) is 0 Å². The van der Waals surface area contributed by atoms with Crippen molar-refractivity contribution in [2.75, 3.05) is 17.7 Å². The summed E-state index contributed by atoms with van der Waals surface area (Å²) in [5.41, 5.74) is -0.659. The van der Waals surface area contributed by atoms with E-state index in [1.165, 1.54) is 17.3 Å². The third-order valence-corrected chi connectivity index (χ3v) is 4.55. The van der Waals surface area contributed by atoms with Crippen LogP contribution in [0.2, 0.25) is 0 Å². The number of nitrogens with zero attached hydrogens (tertiary/aromatic N) is 7.